The third-order valence-electron chi connectivity index (χ3n) is 2.90. The summed E-state index contributed by atoms with van der Waals surface area (Å²) >= 11 is 0. The molecule has 1 saturated heterocycles. The quantitative estimate of drug-likeness (QED) is 0.751. The van der Waals surface area contributed by atoms with Gasteiger partial charge in [-0.25, -0.2) is 0 Å². The van der Waals surface area contributed by atoms with Gasteiger partial charge in [-0.2, -0.15) is 0 Å². The molecule has 1 fully saturated rings. The van der Waals surface area contributed by atoms with Gasteiger partial charge in [0.2, 0.25) is 11.8 Å². The monoisotopic (exact) mass is 247 g/mol. The fourth-order valence-electron chi connectivity index (χ4n) is 1.96. The van der Waals surface area contributed by atoms with Crippen LogP contribution in [0.3, 0.4) is 0 Å². The first-order valence-electron chi connectivity index (χ1n) is 6.04. The molecule has 0 aliphatic carbocycles. The van der Waals surface area contributed by atoms with E-state index in [1.165, 1.54) is 6.92 Å². The molecular formula is C13H17N3O2. The molecule has 0 spiro atoms. The van der Waals surface area contributed by atoms with E-state index in [9.17, 15) is 9.59 Å². The standard InChI is InChI=1S/C13H17N3O2/c1-9(17)15-11-2-4-12(5-3-11)16-13(18)10-6-7-14-8-10/h2-5,10,14H,6-8H2,1H3,(H,15,17)(H,16,18). The second kappa shape index (κ2) is 5.64. The average Bonchev–Trinajstić information content (AvgIpc) is 2.84. The lowest BCUT2D eigenvalue weighted by Gasteiger charge is -2.10. The number of carbonyl (C=O) groups is 2. The molecule has 3 N–H and O–H groups in total. The Morgan fingerprint density at radius 2 is 1.78 bits per heavy atom. The maximum absolute atomic E-state index is 11.9. The molecule has 0 aromatic heterocycles. The molecule has 1 aliphatic rings. The van der Waals surface area contributed by atoms with Crippen LogP contribution >= 0.6 is 0 Å². The fraction of sp³-hybridized carbons (Fsp3) is 0.385. The number of carbonyl (C=O) groups excluding carboxylic acids is 2. The van der Waals surface area contributed by atoms with Crippen molar-refractivity contribution < 1.29 is 9.59 Å². The van der Waals surface area contributed by atoms with Gasteiger partial charge in [-0.15, -0.1) is 0 Å². The lowest BCUT2D eigenvalue weighted by Crippen LogP contribution is -2.24. The molecule has 2 amide bonds. The Bertz CT molecular complexity index is 436. The van der Waals surface area contributed by atoms with Gasteiger partial charge in [0.15, 0.2) is 0 Å². The van der Waals surface area contributed by atoms with Crippen molar-refractivity contribution in [2.45, 2.75) is 13.3 Å². The average molecular weight is 247 g/mol. The van der Waals surface area contributed by atoms with Crippen LogP contribution in [0.4, 0.5) is 11.4 Å². The van der Waals surface area contributed by atoms with Crippen LogP contribution in [0.15, 0.2) is 24.3 Å². The molecular weight excluding hydrogens is 230 g/mol. The predicted molar refractivity (Wildman–Crippen MR) is 70.4 cm³/mol. The van der Waals surface area contributed by atoms with Crippen molar-refractivity contribution >= 4 is 23.2 Å². The van der Waals surface area contributed by atoms with Crippen molar-refractivity contribution in [2.75, 3.05) is 23.7 Å². The largest absolute Gasteiger partial charge is 0.326 e. The summed E-state index contributed by atoms with van der Waals surface area (Å²) in [6.45, 7) is 3.11. The summed E-state index contributed by atoms with van der Waals surface area (Å²) in [5.41, 5.74) is 1.48. The summed E-state index contributed by atoms with van der Waals surface area (Å²) in [7, 11) is 0. The molecule has 1 atom stereocenters. The smallest absolute Gasteiger partial charge is 0.228 e. The molecule has 0 bridgehead atoms. The van der Waals surface area contributed by atoms with Gasteiger partial charge in [0.1, 0.15) is 0 Å². The minimum atomic E-state index is -0.108. The molecule has 96 valence electrons. The molecule has 1 heterocycles. The van der Waals surface area contributed by atoms with Crippen molar-refractivity contribution in [1.82, 2.24) is 5.32 Å². The number of hydrogen-bond acceptors (Lipinski definition) is 3. The van der Waals surface area contributed by atoms with Gasteiger partial charge in [-0.05, 0) is 37.2 Å². The molecule has 0 saturated carbocycles. The van der Waals surface area contributed by atoms with Crippen LogP contribution in [0.25, 0.3) is 0 Å². The minimum Gasteiger partial charge on any atom is -0.326 e. The molecule has 1 unspecified atom stereocenters. The molecule has 5 nitrogen and oxygen atoms in total. The maximum Gasteiger partial charge on any atom is 0.228 e. The van der Waals surface area contributed by atoms with E-state index in [4.69, 9.17) is 0 Å². The molecule has 18 heavy (non-hydrogen) atoms. The molecule has 1 aromatic carbocycles. The van der Waals surface area contributed by atoms with Crippen LogP contribution in [-0.4, -0.2) is 24.9 Å². The highest BCUT2D eigenvalue weighted by atomic mass is 16.2. The lowest BCUT2D eigenvalue weighted by atomic mass is 10.1. The molecule has 5 heteroatoms. The third kappa shape index (κ3) is 3.30. The first-order chi connectivity index (χ1) is 8.65. The Morgan fingerprint density at radius 1 is 1.17 bits per heavy atom. The Labute approximate surface area is 106 Å². The van der Waals surface area contributed by atoms with Gasteiger partial charge in [0.05, 0.1) is 5.92 Å². The van der Waals surface area contributed by atoms with E-state index in [1.54, 1.807) is 24.3 Å². The van der Waals surface area contributed by atoms with Crippen LogP contribution in [0.5, 0.6) is 0 Å². The summed E-state index contributed by atoms with van der Waals surface area (Å²) in [6.07, 6.45) is 0.885. The highest BCUT2D eigenvalue weighted by molar-refractivity contribution is 5.93. The van der Waals surface area contributed by atoms with Crippen molar-refractivity contribution in [2.24, 2.45) is 5.92 Å². The first kappa shape index (κ1) is 12.6. The Hall–Kier alpha value is -1.88. The molecule has 2 rings (SSSR count). The zero-order valence-electron chi connectivity index (χ0n) is 10.3. The zero-order chi connectivity index (χ0) is 13.0. The van der Waals surface area contributed by atoms with Gasteiger partial charge >= 0.3 is 0 Å². The summed E-state index contributed by atoms with van der Waals surface area (Å²) < 4.78 is 0. The molecule has 1 aromatic rings. The minimum absolute atomic E-state index is 0.0484. The summed E-state index contributed by atoms with van der Waals surface area (Å²) in [5, 5.41) is 8.71. The normalized spacial score (nSPS) is 18.4. The summed E-state index contributed by atoms with van der Waals surface area (Å²) in [6, 6.07) is 7.10. The fourth-order valence-corrected chi connectivity index (χ4v) is 1.96. The summed E-state index contributed by atoms with van der Waals surface area (Å²) in [4.78, 5) is 22.7. The van der Waals surface area contributed by atoms with E-state index < -0.39 is 0 Å². The highest BCUT2D eigenvalue weighted by Gasteiger charge is 2.22. The van der Waals surface area contributed by atoms with Crippen molar-refractivity contribution in [3.8, 4) is 0 Å². The van der Waals surface area contributed by atoms with Crippen molar-refractivity contribution in [1.29, 1.82) is 0 Å². The van der Waals surface area contributed by atoms with E-state index in [1.807, 2.05) is 0 Å². The van der Waals surface area contributed by atoms with Crippen LogP contribution in [-0.2, 0) is 9.59 Å². The van der Waals surface area contributed by atoms with E-state index in [2.05, 4.69) is 16.0 Å². The number of hydrogen-bond donors (Lipinski definition) is 3. The number of anilines is 2. The van der Waals surface area contributed by atoms with E-state index in [0.717, 1.165) is 30.9 Å². The number of benzene rings is 1. The van der Waals surface area contributed by atoms with E-state index in [0.29, 0.717) is 0 Å². The van der Waals surface area contributed by atoms with Gasteiger partial charge in [0, 0.05) is 24.8 Å². The zero-order valence-corrected chi connectivity index (χ0v) is 10.3. The maximum atomic E-state index is 11.9. The SMILES string of the molecule is CC(=O)Nc1ccc(NC(=O)C2CCNC2)cc1. The number of nitrogens with one attached hydrogen (secondary N) is 3. The van der Waals surface area contributed by atoms with Crippen LogP contribution < -0.4 is 16.0 Å². The topological polar surface area (TPSA) is 70.2 Å². The third-order valence-corrected chi connectivity index (χ3v) is 2.90. The van der Waals surface area contributed by atoms with Gasteiger partial charge in [-0.3, -0.25) is 9.59 Å². The van der Waals surface area contributed by atoms with Gasteiger partial charge in [0.25, 0.3) is 0 Å². The number of amides is 2. The van der Waals surface area contributed by atoms with Crippen LogP contribution in [0.1, 0.15) is 13.3 Å². The Morgan fingerprint density at radius 3 is 2.28 bits per heavy atom. The summed E-state index contributed by atoms with van der Waals surface area (Å²) in [5.74, 6) is -0.00360. The van der Waals surface area contributed by atoms with Crippen molar-refractivity contribution in [3.63, 3.8) is 0 Å². The van der Waals surface area contributed by atoms with E-state index >= 15 is 0 Å². The lowest BCUT2D eigenvalue weighted by molar-refractivity contribution is -0.119. The highest BCUT2D eigenvalue weighted by Crippen LogP contribution is 2.16. The van der Waals surface area contributed by atoms with Gasteiger partial charge in [-0.1, -0.05) is 0 Å². The molecule has 1 aliphatic heterocycles. The van der Waals surface area contributed by atoms with Crippen LogP contribution in [0, 0.1) is 5.92 Å². The Kier molecular flexibility index (Phi) is 3.94. The van der Waals surface area contributed by atoms with Gasteiger partial charge < -0.3 is 16.0 Å². The molecule has 0 radical (unpaired) electrons. The Balaban J connectivity index is 1.93. The van der Waals surface area contributed by atoms with E-state index in [-0.39, 0.29) is 17.7 Å². The number of rotatable bonds is 3. The first-order valence-corrected chi connectivity index (χ1v) is 6.04. The second-order valence-electron chi connectivity index (χ2n) is 4.44. The van der Waals surface area contributed by atoms with Crippen LogP contribution in [0.2, 0.25) is 0 Å². The van der Waals surface area contributed by atoms with Crippen molar-refractivity contribution in [3.05, 3.63) is 24.3 Å². The second-order valence-corrected chi connectivity index (χ2v) is 4.44. The predicted octanol–water partition coefficient (Wildman–Crippen LogP) is 1.19.